The van der Waals surface area contributed by atoms with Crippen molar-refractivity contribution in [3.8, 4) is 0 Å². The third-order valence-corrected chi connectivity index (χ3v) is 10.6. The Hall–Kier alpha value is -5.76. The van der Waals surface area contributed by atoms with Gasteiger partial charge >= 0.3 is 20.2 Å². The molecule has 294 valence electrons. The Bertz CT molecular complexity index is 2330. The van der Waals surface area contributed by atoms with Gasteiger partial charge in [0.2, 0.25) is 5.91 Å². The molecule has 0 saturated carbocycles. The molecule has 12 nitrogen and oxygen atoms in total. The number of esters is 1. The van der Waals surface area contributed by atoms with Crippen molar-refractivity contribution in [3.63, 3.8) is 0 Å². The SMILES string of the molecule is Cc1ccc(C(OC(=O)CCNC(=O)C[C@H](CNC(=O)c2ccc3c(c2)B(O)OC3)NC(=O)c2ccc3c(c2)B(O)OC3)(c2ccccc2)c2ccccc2Cl)cc1. The average molecular weight is 800 g/mol. The lowest BCUT2D eigenvalue weighted by Gasteiger charge is -2.36. The maximum absolute atomic E-state index is 13.8. The fourth-order valence-electron chi connectivity index (χ4n) is 7.15. The van der Waals surface area contributed by atoms with Gasteiger partial charge in [0.1, 0.15) is 0 Å². The van der Waals surface area contributed by atoms with Crippen LogP contribution in [-0.2, 0) is 42.4 Å². The smallest absolute Gasteiger partial charge is 0.444 e. The summed E-state index contributed by atoms with van der Waals surface area (Å²) in [6, 6.07) is 32.9. The molecule has 2 aliphatic rings. The summed E-state index contributed by atoms with van der Waals surface area (Å²) in [5, 5.41) is 29.0. The Kier molecular flexibility index (Phi) is 12.4. The molecule has 58 heavy (non-hydrogen) atoms. The van der Waals surface area contributed by atoms with Crippen LogP contribution in [0.2, 0.25) is 5.02 Å². The van der Waals surface area contributed by atoms with Crippen molar-refractivity contribution in [2.45, 2.75) is 44.6 Å². The first-order valence-electron chi connectivity index (χ1n) is 18.8. The molecule has 5 aromatic carbocycles. The predicted octanol–water partition coefficient (Wildman–Crippen LogP) is 3.04. The normalized spacial score (nSPS) is 14.5. The first-order chi connectivity index (χ1) is 28.0. The third-order valence-electron chi connectivity index (χ3n) is 10.2. The van der Waals surface area contributed by atoms with Crippen molar-refractivity contribution in [1.82, 2.24) is 16.0 Å². The van der Waals surface area contributed by atoms with Crippen molar-refractivity contribution < 1.29 is 43.3 Å². The maximum Gasteiger partial charge on any atom is 0.491 e. The zero-order valence-corrected chi connectivity index (χ0v) is 32.3. The van der Waals surface area contributed by atoms with E-state index in [0.717, 1.165) is 16.7 Å². The van der Waals surface area contributed by atoms with Gasteiger partial charge in [-0.05, 0) is 59.3 Å². The molecule has 0 bridgehead atoms. The summed E-state index contributed by atoms with van der Waals surface area (Å²) in [7, 11) is -2.30. The van der Waals surface area contributed by atoms with Gasteiger partial charge < -0.3 is 40.0 Å². The molecule has 1 unspecified atom stereocenters. The number of benzene rings is 5. The minimum absolute atomic E-state index is 0.0891. The number of carbonyl (C=O) groups is 4. The van der Waals surface area contributed by atoms with Crippen molar-refractivity contribution >= 4 is 60.5 Å². The van der Waals surface area contributed by atoms with Crippen LogP contribution in [0.5, 0.6) is 0 Å². The average Bonchev–Trinajstić information content (AvgIpc) is 3.80. The van der Waals surface area contributed by atoms with Crippen molar-refractivity contribution in [2.24, 2.45) is 0 Å². The predicted molar refractivity (Wildman–Crippen MR) is 219 cm³/mol. The maximum atomic E-state index is 13.8. The number of fused-ring (bicyclic) bond motifs is 2. The van der Waals surface area contributed by atoms with Gasteiger partial charge in [-0.1, -0.05) is 102 Å². The molecule has 7 rings (SSSR count). The van der Waals surface area contributed by atoms with Crippen LogP contribution in [0.15, 0.2) is 115 Å². The van der Waals surface area contributed by atoms with Gasteiger partial charge in [0, 0.05) is 52.4 Å². The standard InChI is InChI=1S/C43H40B2ClN3O9/c1-27-11-17-33(18-12-27)43(32-7-3-2-4-8-32,35-9-5-6-10-38(35)46)58-40(51)19-20-47-39(50)23-34(49-42(53)29-14-16-31-26-57-45(55)37(31)22-29)24-48-41(52)28-13-15-30-25-56-44(54)36(30)21-28/h2-18,21-22,34,54-55H,19-20,23-26H2,1H3,(H,47,50)(H,48,52)(H,49,53)/t34-,43?/m1/s1. The van der Waals surface area contributed by atoms with Crippen molar-refractivity contribution in [3.05, 3.63) is 165 Å². The molecule has 2 heterocycles. The van der Waals surface area contributed by atoms with Gasteiger partial charge in [0.05, 0.1) is 25.7 Å². The van der Waals surface area contributed by atoms with Crippen LogP contribution in [0.25, 0.3) is 0 Å². The lowest BCUT2D eigenvalue weighted by atomic mass is 9.78. The van der Waals surface area contributed by atoms with Gasteiger partial charge in [-0.25, -0.2) is 0 Å². The second-order valence-corrected chi connectivity index (χ2v) is 14.6. The number of ether oxygens (including phenoxy) is 1. The van der Waals surface area contributed by atoms with E-state index in [-0.39, 0.29) is 50.3 Å². The number of hydrogen-bond acceptors (Lipinski definition) is 9. The van der Waals surface area contributed by atoms with E-state index >= 15 is 0 Å². The zero-order chi connectivity index (χ0) is 40.8. The monoisotopic (exact) mass is 799 g/mol. The van der Waals surface area contributed by atoms with Crippen molar-refractivity contribution in [1.29, 1.82) is 0 Å². The second-order valence-electron chi connectivity index (χ2n) is 14.2. The fraction of sp³-hybridized carbons (Fsp3) is 0.209. The Labute approximate surface area is 341 Å². The first kappa shape index (κ1) is 40.4. The van der Waals surface area contributed by atoms with E-state index in [0.29, 0.717) is 32.6 Å². The van der Waals surface area contributed by atoms with Gasteiger partial charge in [-0.2, -0.15) is 0 Å². The Morgan fingerprint density at radius 1 is 0.759 bits per heavy atom. The molecule has 3 amide bonds. The van der Waals surface area contributed by atoms with E-state index < -0.39 is 49.6 Å². The van der Waals surface area contributed by atoms with Gasteiger partial charge in [0.25, 0.3) is 11.8 Å². The lowest BCUT2D eigenvalue weighted by Crippen LogP contribution is -2.47. The summed E-state index contributed by atoms with van der Waals surface area (Å²) in [6.07, 6.45) is -0.455. The molecule has 0 saturated heterocycles. The largest absolute Gasteiger partial charge is 0.491 e. The molecular formula is C43H40B2ClN3O9. The van der Waals surface area contributed by atoms with E-state index in [1.165, 1.54) is 12.1 Å². The number of rotatable bonds is 14. The summed E-state index contributed by atoms with van der Waals surface area (Å²) in [5.41, 5.74) is 4.51. The summed E-state index contributed by atoms with van der Waals surface area (Å²) in [5.74, 6) is -2.13. The lowest BCUT2D eigenvalue weighted by molar-refractivity contribution is -0.153. The van der Waals surface area contributed by atoms with E-state index in [1.54, 1.807) is 36.4 Å². The summed E-state index contributed by atoms with van der Waals surface area (Å²) in [6.45, 7) is 2.18. The minimum Gasteiger partial charge on any atom is -0.444 e. The highest BCUT2D eigenvalue weighted by molar-refractivity contribution is 6.62. The first-order valence-corrected chi connectivity index (χ1v) is 19.2. The number of carbonyl (C=O) groups excluding carboxylic acids is 4. The zero-order valence-electron chi connectivity index (χ0n) is 31.6. The van der Waals surface area contributed by atoms with Crippen LogP contribution < -0.4 is 26.9 Å². The number of amides is 3. The minimum atomic E-state index is -1.41. The molecule has 5 N–H and O–H groups in total. The van der Waals surface area contributed by atoms with Crippen LogP contribution in [0, 0.1) is 6.92 Å². The molecule has 0 fully saturated rings. The summed E-state index contributed by atoms with van der Waals surface area (Å²) >= 11 is 6.80. The van der Waals surface area contributed by atoms with Crippen LogP contribution in [0.1, 0.15) is 66.9 Å². The highest BCUT2D eigenvalue weighted by atomic mass is 35.5. The highest BCUT2D eigenvalue weighted by Gasteiger charge is 2.42. The molecule has 0 aliphatic carbocycles. The molecule has 0 aromatic heterocycles. The fourth-order valence-corrected chi connectivity index (χ4v) is 7.42. The van der Waals surface area contributed by atoms with Crippen molar-refractivity contribution in [2.75, 3.05) is 13.1 Å². The molecule has 2 atom stereocenters. The molecule has 15 heteroatoms. The summed E-state index contributed by atoms with van der Waals surface area (Å²) in [4.78, 5) is 53.9. The highest BCUT2D eigenvalue weighted by Crippen LogP contribution is 2.43. The molecule has 2 aliphatic heterocycles. The van der Waals surface area contributed by atoms with E-state index in [4.69, 9.17) is 25.6 Å². The number of aryl methyl sites for hydroxylation is 1. The number of nitrogens with one attached hydrogen (secondary N) is 3. The molecular weight excluding hydrogens is 760 g/mol. The Balaban J connectivity index is 1.05. The van der Waals surface area contributed by atoms with Crippen LogP contribution >= 0.6 is 11.6 Å². The molecule has 0 spiro atoms. The number of hydrogen-bond donors (Lipinski definition) is 5. The van der Waals surface area contributed by atoms with E-state index in [1.807, 2.05) is 73.7 Å². The van der Waals surface area contributed by atoms with E-state index in [9.17, 15) is 29.2 Å². The Morgan fingerprint density at radius 2 is 1.34 bits per heavy atom. The Morgan fingerprint density at radius 3 is 1.98 bits per heavy atom. The van der Waals surface area contributed by atoms with Gasteiger partial charge in [-0.15, -0.1) is 0 Å². The van der Waals surface area contributed by atoms with Gasteiger partial charge in [-0.3, -0.25) is 19.2 Å². The topological polar surface area (TPSA) is 173 Å². The number of halogens is 1. The third kappa shape index (κ3) is 8.86. The molecule has 5 aromatic rings. The van der Waals surface area contributed by atoms with Crippen LogP contribution in [-0.4, -0.2) is 67.1 Å². The molecule has 0 radical (unpaired) electrons. The van der Waals surface area contributed by atoms with Crippen LogP contribution in [0.3, 0.4) is 0 Å². The second kappa shape index (κ2) is 17.8. The summed E-state index contributed by atoms with van der Waals surface area (Å²) < 4.78 is 16.9. The van der Waals surface area contributed by atoms with E-state index in [2.05, 4.69) is 16.0 Å². The van der Waals surface area contributed by atoms with Gasteiger partial charge in [0.15, 0.2) is 5.60 Å². The van der Waals surface area contributed by atoms with Crippen LogP contribution in [0.4, 0.5) is 0 Å². The quantitative estimate of drug-likeness (QED) is 0.0644.